The van der Waals surface area contributed by atoms with Crippen LogP contribution in [0.15, 0.2) is 88.4 Å². The molecule has 2 heterocycles. The van der Waals surface area contributed by atoms with Crippen molar-refractivity contribution in [3.63, 3.8) is 0 Å². The number of allylic oxidation sites excluding steroid dienone is 1. The fourth-order valence-electron chi connectivity index (χ4n) is 3.12. The maximum absolute atomic E-state index is 12.9. The number of hydrogen-bond acceptors (Lipinski definition) is 8. The molecule has 0 fully saturated rings. The van der Waals surface area contributed by atoms with Crippen molar-refractivity contribution in [1.82, 2.24) is 0 Å². The van der Waals surface area contributed by atoms with Gasteiger partial charge >= 0.3 is 5.97 Å². The van der Waals surface area contributed by atoms with Gasteiger partial charge in [-0.2, -0.15) is 0 Å². The fourth-order valence-corrected chi connectivity index (χ4v) is 3.12. The molecule has 0 atom stereocenters. The summed E-state index contributed by atoms with van der Waals surface area (Å²) in [6.07, 6.45) is 1.37. The third-order valence-electron chi connectivity index (χ3n) is 4.66. The van der Waals surface area contributed by atoms with Crippen molar-refractivity contribution in [3.8, 4) is 11.3 Å². The Hall–Kier alpha value is -4.66. The summed E-state index contributed by atoms with van der Waals surface area (Å²) in [5.74, 6) is -0.825. The number of para-hydroxylation sites is 1. The van der Waals surface area contributed by atoms with Crippen molar-refractivity contribution >= 4 is 29.2 Å². The monoisotopic (exact) mass is 446 g/mol. The molecule has 3 aromatic rings. The number of nitro benzene ring substituents is 1. The van der Waals surface area contributed by atoms with E-state index in [1.165, 1.54) is 18.2 Å². The Morgan fingerprint density at radius 1 is 1.09 bits per heavy atom. The van der Waals surface area contributed by atoms with Gasteiger partial charge in [0.25, 0.3) is 5.69 Å². The van der Waals surface area contributed by atoms with Crippen LogP contribution in [-0.2, 0) is 19.1 Å². The topological polar surface area (TPSA) is 121 Å². The summed E-state index contributed by atoms with van der Waals surface area (Å²) in [6, 6.07) is 18.1. The molecule has 0 spiro atoms. The lowest BCUT2D eigenvalue weighted by Gasteiger charge is -2.08. The van der Waals surface area contributed by atoms with Crippen molar-refractivity contribution in [2.24, 2.45) is 0 Å². The molecule has 0 radical (unpaired) electrons. The number of esters is 1. The highest BCUT2D eigenvalue weighted by Gasteiger charge is 2.37. The number of nitrogens with zero attached hydrogens (tertiary/aromatic N) is 1. The Morgan fingerprint density at radius 2 is 1.82 bits per heavy atom. The van der Waals surface area contributed by atoms with Crippen molar-refractivity contribution in [2.75, 3.05) is 11.9 Å². The molecule has 1 aliphatic rings. The van der Waals surface area contributed by atoms with Crippen molar-refractivity contribution < 1.29 is 28.4 Å². The van der Waals surface area contributed by atoms with E-state index in [4.69, 9.17) is 13.9 Å². The smallest absolute Gasteiger partial charge is 0.347 e. The molecule has 2 aromatic carbocycles. The van der Waals surface area contributed by atoms with E-state index >= 15 is 0 Å². The standard InChI is InChI=1S/C24H18N2O7/c1-2-31-24(28)21-22(27)20(33-23(21)25-16-6-4-3-5-7-16)14-18-12-13-19(32-18)15-8-10-17(11-9-15)26(29)30/h3-14,25H,2H2,1H3/b20-14-. The molecule has 0 aliphatic carbocycles. The van der Waals surface area contributed by atoms with E-state index in [0.717, 1.165) is 0 Å². The molecule has 9 nitrogen and oxygen atoms in total. The summed E-state index contributed by atoms with van der Waals surface area (Å²) in [4.78, 5) is 35.6. The number of hydrogen-bond donors (Lipinski definition) is 1. The predicted molar refractivity (Wildman–Crippen MR) is 119 cm³/mol. The largest absolute Gasteiger partial charge is 0.462 e. The Morgan fingerprint density at radius 3 is 2.48 bits per heavy atom. The first-order valence-corrected chi connectivity index (χ1v) is 9.98. The van der Waals surface area contributed by atoms with Crippen molar-refractivity contribution in [3.05, 3.63) is 99.8 Å². The van der Waals surface area contributed by atoms with Crippen molar-refractivity contribution in [1.29, 1.82) is 0 Å². The van der Waals surface area contributed by atoms with E-state index in [0.29, 0.717) is 22.8 Å². The molecule has 4 rings (SSSR count). The van der Waals surface area contributed by atoms with E-state index in [1.807, 2.05) is 6.07 Å². The number of Topliss-reactive ketones (excluding diaryl/α,β-unsaturated/α-hetero) is 1. The Kier molecular flexibility index (Phi) is 6.03. The zero-order chi connectivity index (χ0) is 23.4. The van der Waals surface area contributed by atoms with Crippen LogP contribution in [0, 0.1) is 10.1 Å². The summed E-state index contributed by atoms with van der Waals surface area (Å²) in [5.41, 5.74) is 0.977. The van der Waals surface area contributed by atoms with Gasteiger partial charge in [-0.15, -0.1) is 0 Å². The van der Waals surface area contributed by atoms with Gasteiger partial charge in [-0.25, -0.2) is 4.79 Å². The van der Waals surface area contributed by atoms with Gasteiger partial charge < -0.3 is 19.2 Å². The summed E-state index contributed by atoms with van der Waals surface area (Å²) in [7, 11) is 0. The second-order valence-corrected chi connectivity index (χ2v) is 6.86. The molecule has 0 saturated carbocycles. The molecule has 1 aromatic heterocycles. The Balaban J connectivity index is 1.59. The Bertz CT molecular complexity index is 1270. The number of ketones is 1. The third-order valence-corrected chi connectivity index (χ3v) is 4.66. The first-order chi connectivity index (χ1) is 16.0. The number of non-ortho nitro benzene ring substituents is 1. The van der Waals surface area contributed by atoms with Crippen LogP contribution in [0.5, 0.6) is 0 Å². The van der Waals surface area contributed by atoms with Crippen molar-refractivity contribution in [2.45, 2.75) is 6.92 Å². The highest BCUT2D eigenvalue weighted by Crippen LogP contribution is 2.30. The van der Waals surface area contributed by atoms with E-state index in [9.17, 15) is 19.7 Å². The normalized spacial score (nSPS) is 14.3. The molecule has 9 heteroatoms. The lowest BCUT2D eigenvalue weighted by molar-refractivity contribution is -0.384. The molecule has 166 valence electrons. The predicted octanol–water partition coefficient (Wildman–Crippen LogP) is 4.68. The minimum Gasteiger partial charge on any atom is -0.462 e. The van der Waals surface area contributed by atoms with Gasteiger partial charge in [0.15, 0.2) is 11.3 Å². The third kappa shape index (κ3) is 4.67. The molecular formula is C24H18N2O7. The summed E-state index contributed by atoms with van der Waals surface area (Å²) in [6.45, 7) is 1.74. The summed E-state index contributed by atoms with van der Waals surface area (Å²) >= 11 is 0. The minimum atomic E-state index is -0.796. The molecule has 1 N–H and O–H groups in total. The van der Waals surface area contributed by atoms with E-state index in [1.54, 1.807) is 55.5 Å². The van der Waals surface area contributed by atoms with Crippen LogP contribution >= 0.6 is 0 Å². The van der Waals surface area contributed by atoms with Crippen LogP contribution < -0.4 is 5.32 Å². The zero-order valence-corrected chi connectivity index (χ0v) is 17.4. The number of benzene rings is 2. The highest BCUT2D eigenvalue weighted by atomic mass is 16.6. The lowest BCUT2D eigenvalue weighted by atomic mass is 10.1. The minimum absolute atomic E-state index is 0.0296. The maximum Gasteiger partial charge on any atom is 0.347 e. The molecule has 0 amide bonds. The number of nitrogens with one attached hydrogen (secondary N) is 1. The van der Waals surface area contributed by atoms with Gasteiger partial charge in [0, 0.05) is 29.5 Å². The van der Waals surface area contributed by atoms with E-state index in [2.05, 4.69) is 5.32 Å². The van der Waals surface area contributed by atoms with Crippen LogP contribution in [0.4, 0.5) is 11.4 Å². The molecular weight excluding hydrogens is 428 g/mol. The van der Waals surface area contributed by atoms with Gasteiger partial charge in [-0.3, -0.25) is 14.9 Å². The van der Waals surface area contributed by atoms with Crippen LogP contribution in [-0.4, -0.2) is 23.3 Å². The van der Waals surface area contributed by atoms with Crippen LogP contribution in [0.1, 0.15) is 12.7 Å². The van der Waals surface area contributed by atoms with Gasteiger partial charge in [-0.1, -0.05) is 18.2 Å². The first-order valence-electron chi connectivity index (χ1n) is 9.98. The Labute approximate surface area is 188 Å². The second kappa shape index (κ2) is 9.23. The van der Waals surface area contributed by atoms with Gasteiger partial charge in [-0.05, 0) is 43.3 Å². The summed E-state index contributed by atoms with van der Waals surface area (Å²) < 4.78 is 16.4. The number of ether oxygens (including phenoxy) is 2. The number of anilines is 1. The number of nitro groups is 1. The van der Waals surface area contributed by atoms with E-state index < -0.39 is 16.7 Å². The molecule has 1 aliphatic heterocycles. The SMILES string of the molecule is CCOC(=O)C1=C(Nc2ccccc2)O/C(=C\c2ccc(-c3ccc([N+](=O)[O-])cc3)o2)C1=O. The maximum atomic E-state index is 12.9. The first kappa shape index (κ1) is 21.6. The van der Waals surface area contributed by atoms with Gasteiger partial charge in [0.05, 0.1) is 11.5 Å². The van der Waals surface area contributed by atoms with Crippen LogP contribution in [0.3, 0.4) is 0 Å². The molecule has 0 saturated heterocycles. The number of carbonyl (C=O) groups excluding carboxylic acids is 2. The van der Waals surface area contributed by atoms with Crippen LogP contribution in [0.25, 0.3) is 17.4 Å². The zero-order valence-electron chi connectivity index (χ0n) is 17.4. The molecule has 33 heavy (non-hydrogen) atoms. The summed E-state index contributed by atoms with van der Waals surface area (Å²) in [5, 5.41) is 13.8. The average molecular weight is 446 g/mol. The molecule has 0 bridgehead atoms. The second-order valence-electron chi connectivity index (χ2n) is 6.86. The quantitative estimate of drug-likeness (QED) is 0.183. The number of rotatable bonds is 7. The van der Waals surface area contributed by atoms with Gasteiger partial charge in [0.2, 0.25) is 11.7 Å². The highest BCUT2D eigenvalue weighted by molar-refractivity contribution is 6.26. The average Bonchev–Trinajstić information content (AvgIpc) is 3.39. The fraction of sp³-hybridized carbons (Fsp3) is 0.0833. The number of furan rings is 1. The lowest BCUT2D eigenvalue weighted by Crippen LogP contribution is -2.16. The van der Waals surface area contributed by atoms with Crippen LogP contribution in [0.2, 0.25) is 0 Å². The molecule has 0 unspecified atom stereocenters. The number of carbonyl (C=O) groups is 2. The van der Waals surface area contributed by atoms with Gasteiger partial charge in [0.1, 0.15) is 11.5 Å². The van der Waals surface area contributed by atoms with E-state index in [-0.39, 0.29) is 29.5 Å².